The fourth-order valence-electron chi connectivity index (χ4n) is 2.06. The van der Waals surface area contributed by atoms with E-state index in [1.165, 1.54) is 12.1 Å². The maximum absolute atomic E-state index is 12.4. The predicted molar refractivity (Wildman–Crippen MR) is 94.3 cm³/mol. The standard InChI is InChI=1S/C15H10ClIN2O4/c16-11-5-13-14(23-8-22-13)6-12(11)19(7-20)15(21)18-10-3-1-2-9(17)4-10/h1-7H,8H2,(H,18,21). The number of benzene rings is 2. The second-order valence-electron chi connectivity index (χ2n) is 4.57. The number of imide groups is 1. The lowest BCUT2D eigenvalue weighted by Gasteiger charge is -2.18. The summed E-state index contributed by atoms with van der Waals surface area (Å²) in [5.74, 6) is 0.904. The van der Waals surface area contributed by atoms with Crippen molar-refractivity contribution in [2.75, 3.05) is 17.0 Å². The van der Waals surface area contributed by atoms with Crippen molar-refractivity contribution >= 4 is 58.0 Å². The van der Waals surface area contributed by atoms with Gasteiger partial charge in [-0.25, -0.2) is 9.69 Å². The van der Waals surface area contributed by atoms with E-state index in [0.717, 1.165) is 8.47 Å². The Morgan fingerprint density at radius 2 is 2.00 bits per heavy atom. The van der Waals surface area contributed by atoms with E-state index in [1.807, 2.05) is 6.07 Å². The minimum absolute atomic E-state index is 0.0743. The topological polar surface area (TPSA) is 67.9 Å². The molecule has 23 heavy (non-hydrogen) atoms. The van der Waals surface area contributed by atoms with Crippen LogP contribution in [0.2, 0.25) is 5.02 Å². The third-order valence-corrected chi connectivity index (χ3v) is 4.08. The zero-order chi connectivity index (χ0) is 16.4. The van der Waals surface area contributed by atoms with E-state index in [-0.39, 0.29) is 17.5 Å². The summed E-state index contributed by atoms with van der Waals surface area (Å²) >= 11 is 8.27. The Labute approximate surface area is 150 Å². The summed E-state index contributed by atoms with van der Waals surface area (Å²) in [6.45, 7) is 0.0743. The fourth-order valence-corrected chi connectivity index (χ4v) is 2.84. The summed E-state index contributed by atoms with van der Waals surface area (Å²) in [4.78, 5) is 24.6. The molecule has 118 valence electrons. The van der Waals surface area contributed by atoms with Crippen LogP contribution in [0.25, 0.3) is 0 Å². The Hall–Kier alpha value is -2.00. The molecule has 1 N–H and O–H groups in total. The van der Waals surface area contributed by atoms with Gasteiger partial charge in [0, 0.05) is 21.4 Å². The molecule has 0 saturated heterocycles. The molecular formula is C15H10ClIN2O4. The fraction of sp³-hybridized carbons (Fsp3) is 0.0667. The maximum Gasteiger partial charge on any atom is 0.333 e. The minimum Gasteiger partial charge on any atom is -0.454 e. The molecule has 0 radical (unpaired) electrons. The van der Waals surface area contributed by atoms with Crippen LogP contribution in [0, 0.1) is 3.57 Å². The summed E-state index contributed by atoms with van der Waals surface area (Å²) in [6.07, 6.45) is 0.395. The Morgan fingerprint density at radius 1 is 1.26 bits per heavy atom. The van der Waals surface area contributed by atoms with E-state index in [9.17, 15) is 9.59 Å². The number of carbonyl (C=O) groups is 2. The van der Waals surface area contributed by atoms with Crippen molar-refractivity contribution in [1.82, 2.24) is 0 Å². The van der Waals surface area contributed by atoms with E-state index < -0.39 is 6.03 Å². The number of fused-ring (bicyclic) bond motifs is 1. The first kappa shape index (κ1) is 15.9. The van der Waals surface area contributed by atoms with Gasteiger partial charge >= 0.3 is 6.03 Å². The average Bonchev–Trinajstić information content (AvgIpc) is 2.95. The van der Waals surface area contributed by atoms with Crippen molar-refractivity contribution in [3.63, 3.8) is 0 Å². The van der Waals surface area contributed by atoms with Gasteiger partial charge in [-0.2, -0.15) is 0 Å². The number of ether oxygens (including phenoxy) is 2. The van der Waals surface area contributed by atoms with Crippen LogP contribution in [0.3, 0.4) is 0 Å². The molecule has 0 aliphatic carbocycles. The maximum atomic E-state index is 12.4. The van der Waals surface area contributed by atoms with E-state index in [4.69, 9.17) is 21.1 Å². The smallest absolute Gasteiger partial charge is 0.333 e. The largest absolute Gasteiger partial charge is 0.454 e. The highest BCUT2D eigenvalue weighted by molar-refractivity contribution is 14.1. The Balaban J connectivity index is 1.87. The lowest BCUT2D eigenvalue weighted by molar-refractivity contribution is -0.106. The van der Waals surface area contributed by atoms with Crippen LogP contribution in [-0.2, 0) is 4.79 Å². The number of urea groups is 1. The molecule has 0 fully saturated rings. The van der Waals surface area contributed by atoms with Crippen LogP contribution in [0.15, 0.2) is 36.4 Å². The third kappa shape index (κ3) is 3.35. The molecule has 0 spiro atoms. The first-order chi connectivity index (χ1) is 11.1. The highest BCUT2D eigenvalue weighted by Gasteiger charge is 2.23. The average molecular weight is 445 g/mol. The van der Waals surface area contributed by atoms with Crippen molar-refractivity contribution in [3.05, 3.63) is 45.0 Å². The molecule has 3 rings (SSSR count). The molecule has 0 atom stereocenters. The van der Waals surface area contributed by atoms with Crippen LogP contribution in [0.4, 0.5) is 16.2 Å². The van der Waals surface area contributed by atoms with Crippen LogP contribution < -0.4 is 19.7 Å². The quantitative estimate of drug-likeness (QED) is 0.576. The number of anilines is 2. The van der Waals surface area contributed by atoms with Crippen LogP contribution in [-0.4, -0.2) is 19.2 Å². The number of hydrogen-bond donors (Lipinski definition) is 1. The van der Waals surface area contributed by atoms with E-state index in [1.54, 1.807) is 18.2 Å². The molecule has 6 nitrogen and oxygen atoms in total. The van der Waals surface area contributed by atoms with E-state index in [2.05, 4.69) is 27.9 Å². The highest BCUT2D eigenvalue weighted by atomic mass is 127. The molecule has 0 unspecified atom stereocenters. The number of hydrogen-bond acceptors (Lipinski definition) is 4. The van der Waals surface area contributed by atoms with Gasteiger partial charge in [0.05, 0.1) is 10.7 Å². The molecule has 1 heterocycles. The lowest BCUT2D eigenvalue weighted by atomic mass is 10.2. The van der Waals surface area contributed by atoms with Crippen molar-refractivity contribution in [3.8, 4) is 11.5 Å². The summed E-state index contributed by atoms with van der Waals surface area (Å²) in [6, 6.07) is 9.58. The van der Waals surface area contributed by atoms with E-state index >= 15 is 0 Å². The molecule has 1 aliphatic rings. The highest BCUT2D eigenvalue weighted by Crippen LogP contribution is 2.40. The third-order valence-electron chi connectivity index (χ3n) is 3.10. The SMILES string of the molecule is O=CN(C(=O)Nc1cccc(I)c1)c1cc2c(cc1Cl)OCO2. The molecule has 0 saturated carbocycles. The lowest BCUT2D eigenvalue weighted by Crippen LogP contribution is -2.34. The van der Waals surface area contributed by atoms with Gasteiger partial charge in [0.15, 0.2) is 11.5 Å². The monoisotopic (exact) mass is 444 g/mol. The van der Waals surface area contributed by atoms with Gasteiger partial charge in [-0.3, -0.25) is 4.79 Å². The van der Waals surface area contributed by atoms with Crippen LogP contribution >= 0.6 is 34.2 Å². The van der Waals surface area contributed by atoms with Gasteiger partial charge < -0.3 is 14.8 Å². The number of amides is 3. The number of carbonyl (C=O) groups excluding carboxylic acids is 2. The van der Waals surface area contributed by atoms with Gasteiger partial charge in [-0.1, -0.05) is 17.7 Å². The normalized spacial score (nSPS) is 11.9. The zero-order valence-corrected chi connectivity index (χ0v) is 14.5. The Kier molecular flexibility index (Phi) is 4.58. The molecule has 2 aromatic rings. The molecule has 1 aliphatic heterocycles. The second-order valence-corrected chi connectivity index (χ2v) is 6.23. The molecular weight excluding hydrogens is 435 g/mol. The Morgan fingerprint density at radius 3 is 2.70 bits per heavy atom. The van der Waals surface area contributed by atoms with Gasteiger partial charge in [0.25, 0.3) is 0 Å². The molecule has 0 aromatic heterocycles. The summed E-state index contributed by atoms with van der Waals surface area (Å²) < 4.78 is 11.4. The van der Waals surface area contributed by atoms with Crippen molar-refractivity contribution in [2.24, 2.45) is 0 Å². The number of halogens is 2. The first-order valence-electron chi connectivity index (χ1n) is 6.48. The van der Waals surface area contributed by atoms with Gasteiger partial charge in [0.1, 0.15) is 0 Å². The first-order valence-corrected chi connectivity index (χ1v) is 7.94. The minimum atomic E-state index is -0.622. The number of nitrogens with one attached hydrogen (secondary N) is 1. The Bertz CT molecular complexity index is 784. The van der Waals surface area contributed by atoms with E-state index in [0.29, 0.717) is 23.6 Å². The van der Waals surface area contributed by atoms with Crippen LogP contribution in [0.1, 0.15) is 0 Å². The van der Waals surface area contributed by atoms with Crippen LogP contribution in [0.5, 0.6) is 11.5 Å². The van der Waals surface area contributed by atoms with Crippen molar-refractivity contribution in [2.45, 2.75) is 0 Å². The molecule has 0 bridgehead atoms. The van der Waals surface area contributed by atoms with Crippen molar-refractivity contribution in [1.29, 1.82) is 0 Å². The van der Waals surface area contributed by atoms with Gasteiger partial charge in [-0.05, 0) is 40.8 Å². The summed E-state index contributed by atoms with van der Waals surface area (Å²) in [7, 11) is 0. The number of rotatable bonds is 3. The van der Waals surface area contributed by atoms with Gasteiger partial charge in [-0.15, -0.1) is 0 Å². The van der Waals surface area contributed by atoms with Crippen molar-refractivity contribution < 1.29 is 19.1 Å². The molecule has 3 amide bonds. The molecule has 2 aromatic carbocycles. The summed E-state index contributed by atoms with van der Waals surface area (Å²) in [5.41, 5.74) is 0.791. The predicted octanol–water partition coefficient (Wildman–Crippen LogP) is 3.87. The van der Waals surface area contributed by atoms with Gasteiger partial charge in [0.2, 0.25) is 13.2 Å². The number of nitrogens with zero attached hydrogens (tertiary/aromatic N) is 1. The summed E-state index contributed by atoms with van der Waals surface area (Å²) in [5, 5.41) is 2.85. The zero-order valence-electron chi connectivity index (χ0n) is 11.6. The molecule has 8 heteroatoms. The second kappa shape index (κ2) is 6.63.